The van der Waals surface area contributed by atoms with E-state index in [9.17, 15) is 4.79 Å². The maximum atomic E-state index is 11.4. The van der Waals surface area contributed by atoms with Crippen LogP contribution in [0.4, 0.5) is 10.7 Å². The van der Waals surface area contributed by atoms with Gasteiger partial charge in [-0.15, -0.1) is 0 Å². The number of aromatic nitrogens is 4. The number of carbonyl (C=O) groups is 1. The van der Waals surface area contributed by atoms with Crippen LogP contribution < -0.4 is 10.6 Å². The van der Waals surface area contributed by atoms with Crippen LogP contribution in [0.2, 0.25) is 5.02 Å². The van der Waals surface area contributed by atoms with Crippen LogP contribution in [-0.2, 0) is 17.8 Å². The van der Waals surface area contributed by atoms with Crippen molar-refractivity contribution >= 4 is 40.7 Å². The van der Waals surface area contributed by atoms with E-state index in [1.54, 1.807) is 6.07 Å². The maximum Gasteiger partial charge on any atom is 0.411 e. The summed E-state index contributed by atoms with van der Waals surface area (Å²) in [5.74, 6) is 1.43. The van der Waals surface area contributed by atoms with E-state index < -0.39 is 12.0 Å². The van der Waals surface area contributed by atoms with Crippen LogP contribution >= 0.6 is 11.6 Å². The van der Waals surface area contributed by atoms with E-state index >= 15 is 0 Å². The number of nitrogens with two attached hydrogens (primary N) is 1. The van der Waals surface area contributed by atoms with Crippen LogP contribution in [0.3, 0.4) is 0 Å². The number of amides is 1. The zero-order valence-corrected chi connectivity index (χ0v) is 23.6. The lowest BCUT2D eigenvalue weighted by atomic mass is 9.81. The molecule has 0 aliphatic heterocycles. The molecule has 1 saturated carbocycles. The monoisotopic (exact) mass is 559 g/mol. The van der Waals surface area contributed by atoms with Gasteiger partial charge in [-0.1, -0.05) is 80.3 Å². The topological polar surface area (TPSA) is 123 Å². The van der Waals surface area contributed by atoms with Crippen molar-refractivity contribution in [2.24, 2.45) is 17.6 Å². The molecule has 40 heavy (non-hydrogen) atoms. The molecule has 3 N–H and O–H groups in total. The summed E-state index contributed by atoms with van der Waals surface area (Å²) in [7, 11) is 2.02. The molecule has 1 aliphatic carbocycles. The van der Waals surface area contributed by atoms with Crippen molar-refractivity contribution < 1.29 is 9.53 Å². The zero-order chi connectivity index (χ0) is 28.2. The Balaban J connectivity index is 1.66. The third-order valence-corrected chi connectivity index (χ3v) is 7.91. The standard InChI is InChI=1S/C30H34ClN7O2/c1-3-19-12-14-21(15-13-19)18-38-25-24(22-10-7-11-23(31)16-22)34-28(26(32)40-29(33)39)35-27(25)36-30(38)37(2)17-20-8-5-4-6-9-20/h4-11,16,19,21,32H,3,12-15,17-18H2,1-2H3,(H2,33,39). The molecule has 2 heterocycles. The molecule has 2 aromatic heterocycles. The highest BCUT2D eigenvalue weighted by molar-refractivity contribution is 6.30. The number of rotatable bonds is 8. The van der Waals surface area contributed by atoms with Crippen molar-refractivity contribution in [1.29, 1.82) is 5.41 Å². The second-order valence-corrected chi connectivity index (χ2v) is 10.9. The fourth-order valence-corrected chi connectivity index (χ4v) is 5.77. The summed E-state index contributed by atoms with van der Waals surface area (Å²) < 4.78 is 7.05. The largest absolute Gasteiger partial charge is 0.411 e. The van der Waals surface area contributed by atoms with Gasteiger partial charge in [0.2, 0.25) is 11.8 Å². The van der Waals surface area contributed by atoms with E-state index in [4.69, 9.17) is 37.4 Å². The number of hydrogen-bond donors (Lipinski definition) is 2. The molecule has 0 spiro atoms. The van der Waals surface area contributed by atoms with Crippen LogP contribution in [0.15, 0.2) is 54.6 Å². The Morgan fingerprint density at radius 1 is 1.07 bits per heavy atom. The van der Waals surface area contributed by atoms with Gasteiger partial charge < -0.3 is 19.9 Å². The quantitative estimate of drug-likeness (QED) is 0.190. The molecule has 0 radical (unpaired) electrons. The van der Waals surface area contributed by atoms with Gasteiger partial charge in [0.05, 0.1) is 0 Å². The van der Waals surface area contributed by atoms with E-state index in [1.807, 2.05) is 43.4 Å². The Hall–Kier alpha value is -3.98. The molecule has 1 amide bonds. The van der Waals surface area contributed by atoms with Gasteiger partial charge in [0.1, 0.15) is 11.2 Å². The summed E-state index contributed by atoms with van der Waals surface area (Å²) >= 11 is 6.38. The SMILES string of the molecule is CCC1CCC(Cn2c(N(C)Cc3ccccc3)nc3nc(C(=N)OC(N)=O)nc(-c4cccc(Cl)c4)c32)CC1. The summed E-state index contributed by atoms with van der Waals surface area (Å²) in [4.78, 5) is 27.7. The third kappa shape index (κ3) is 6.09. The van der Waals surface area contributed by atoms with Crippen molar-refractivity contribution in [3.63, 3.8) is 0 Å². The number of primary amides is 1. The number of benzene rings is 2. The number of imidazole rings is 1. The van der Waals surface area contributed by atoms with Gasteiger partial charge in [-0.2, -0.15) is 4.98 Å². The highest BCUT2D eigenvalue weighted by Crippen LogP contribution is 2.36. The fourth-order valence-electron chi connectivity index (χ4n) is 5.58. The molecule has 1 aliphatic rings. The molecule has 9 nitrogen and oxygen atoms in total. The first-order valence-electron chi connectivity index (χ1n) is 13.7. The van der Waals surface area contributed by atoms with Crippen molar-refractivity contribution in [1.82, 2.24) is 19.5 Å². The minimum Gasteiger partial charge on any atom is -0.388 e. The second kappa shape index (κ2) is 12.0. The molecule has 0 saturated heterocycles. The average molecular weight is 560 g/mol. The van der Waals surface area contributed by atoms with Crippen molar-refractivity contribution in [3.05, 3.63) is 71.0 Å². The van der Waals surface area contributed by atoms with Gasteiger partial charge >= 0.3 is 6.09 Å². The summed E-state index contributed by atoms with van der Waals surface area (Å²) in [5, 5.41) is 8.81. The normalized spacial score (nSPS) is 17.1. The fraction of sp³-hybridized carbons (Fsp3) is 0.367. The van der Waals surface area contributed by atoms with Gasteiger partial charge in [-0.3, -0.25) is 5.41 Å². The average Bonchev–Trinajstić information content (AvgIpc) is 3.31. The number of nitrogens with zero attached hydrogens (tertiary/aromatic N) is 5. The van der Waals surface area contributed by atoms with Gasteiger partial charge in [-0.25, -0.2) is 14.8 Å². The van der Waals surface area contributed by atoms with E-state index in [1.165, 1.54) is 19.3 Å². The molecule has 0 bridgehead atoms. The first-order chi connectivity index (χ1) is 19.3. The molecule has 208 valence electrons. The second-order valence-electron chi connectivity index (χ2n) is 10.5. The van der Waals surface area contributed by atoms with Crippen LogP contribution in [-0.4, -0.2) is 38.6 Å². The van der Waals surface area contributed by atoms with Crippen molar-refractivity contribution in [2.45, 2.75) is 52.1 Å². The molecular weight excluding hydrogens is 526 g/mol. The van der Waals surface area contributed by atoms with Crippen molar-refractivity contribution in [2.75, 3.05) is 11.9 Å². The zero-order valence-electron chi connectivity index (χ0n) is 22.8. The Bertz CT molecular complexity index is 1510. The molecule has 2 aromatic carbocycles. The van der Waals surface area contributed by atoms with Gasteiger partial charge in [0, 0.05) is 30.7 Å². The Labute approximate surface area is 238 Å². The lowest BCUT2D eigenvalue weighted by Crippen LogP contribution is -2.24. The van der Waals surface area contributed by atoms with E-state index in [-0.39, 0.29) is 5.82 Å². The molecule has 4 aromatic rings. The lowest BCUT2D eigenvalue weighted by molar-refractivity contribution is 0.207. The summed E-state index contributed by atoms with van der Waals surface area (Å²) in [6.07, 6.45) is 4.89. The highest BCUT2D eigenvalue weighted by atomic mass is 35.5. The van der Waals surface area contributed by atoms with E-state index in [0.717, 1.165) is 47.9 Å². The first kappa shape index (κ1) is 27.6. The van der Waals surface area contributed by atoms with Crippen LogP contribution in [0.5, 0.6) is 0 Å². The lowest BCUT2D eigenvalue weighted by Gasteiger charge is -2.29. The number of carbonyl (C=O) groups excluding carboxylic acids is 1. The van der Waals surface area contributed by atoms with Gasteiger partial charge in [0.25, 0.3) is 5.90 Å². The third-order valence-electron chi connectivity index (χ3n) is 7.68. The Morgan fingerprint density at radius 2 is 1.80 bits per heavy atom. The summed E-state index contributed by atoms with van der Waals surface area (Å²) in [6, 6.07) is 17.6. The molecule has 1 fully saturated rings. The smallest absolute Gasteiger partial charge is 0.388 e. The molecular formula is C30H34ClN7O2. The first-order valence-corrected chi connectivity index (χ1v) is 14.1. The minimum atomic E-state index is -1.10. The minimum absolute atomic E-state index is 0.0772. The van der Waals surface area contributed by atoms with E-state index in [2.05, 4.69) is 33.5 Å². The Kier molecular flexibility index (Phi) is 8.30. The molecule has 0 unspecified atom stereocenters. The number of anilines is 1. The molecule has 10 heteroatoms. The van der Waals surface area contributed by atoms with Crippen LogP contribution in [0.25, 0.3) is 22.4 Å². The van der Waals surface area contributed by atoms with Crippen molar-refractivity contribution in [3.8, 4) is 11.3 Å². The Morgan fingerprint density at radius 3 is 2.48 bits per heavy atom. The van der Waals surface area contributed by atoms with Crippen LogP contribution in [0, 0.1) is 17.2 Å². The number of halogens is 1. The van der Waals surface area contributed by atoms with E-state index in [0.29, 0.717) is 28.8 Å². The number of nitrogens with one attached hydrogen (secondary N) is 1. The van der Waals surface area contributed by atoms with Gasteiger partial charge in [0.15, 0.2) is 5.65 Å². The van der Waals surface area contributed by atoms with Gasteiger partial charge in [-0.05, 0) is 42.4 Å². The predicted molar refractivity (Wildman–Crippen MR) is 158 cm³/mol. The highest BCUT2D eigenvalue weighted by Gasteiger charge is 2.27. The number of ether oxygens (including phenoxy) is 1. The maximum absolute atomic E-state index is 11.4. The summed E-state index contributed by atoms with van der Waals surface area (Å²) in [6.45, 7) is 3.70. The predicted octanol–water partition coefficient (Wildman–Crippen LogP) is 6.42. The van der Waals surface area contributed by atoms with Crippen LogP contribution in [0.1, 0.15) is 50.4 Å². The number of hydrogen-bond acceptors (Lipinski definition) is 7. The summed E-state index contributed by atoms with van der Waals surface area (Å²) in [5.41, 5.74) is 8.82. The number of fused-ring (bicyclic) bond motifs is 1. The molecule has 0 atom stereocenters. The molecule has 5 rings (SSSR count).